The van der Waals surface area contributed by atoms with Crippen molar-refractivity contribution in [2.75, 3.05) is 5.88 Å². The standard InChI is InChI=1S/C18H17ClN2/c19-12-11-16-13-20-18(21-16)17(14-7-3-1-4-8-14)15-9-5-2-6-10-15/h1-10,13,17H,11-12H2,(H,20,21). The van der Waals surface area contributed by atoms with E-state index >= 15 is 0 Å². The van der Waals surface area contributed by atoms with Gasteiger partial charge in [0.2, 0.25) is 0 Å². The number of hydrogen-bond donors (Lipinski definition) is 1. The van der Waals surface area contributed by atoms with Crippen LogP contribution in [0.25, 0.3) is 0 Å². The highest BCUT2D eigenvalue weighted by Crippen LogP contribution is 2.29. The van der Waals surface area contributed by atoms with E-state index in [1.807, 2.05) is 18.3 Å². The number of aromatic amines is 1. The van der Waals surface area contributed by atoms with Crippen LogP contribution in [0.1, 0.15) is 28.6 Å². The molecule has 0 fully saturated rings. The van der Waals surface area contributed by atoms with Crippen LogP contribution in [-0.4, -0.2) is 15.8 Å². The van der Waals surface area contributed by atoms with Gasteiger partial charge in [-0.05, 0) is 11.1 Å². The third-order valence-electron chi connectivity index (χ3n) is 3.55. The summed E-state index contributed by atoms with van der Waals surface area (Å²) in [7, 11) is 0. The summed E-state index contributed by atoms with van der Waals surface area (Å²) in [5.41, 5.74) is 3.54. The number of aryl methyl sites for hydroxylation is 1. The predicted octanol–water partition coefficient (Wildman–Crippen LogP) is 4.37. The van der Waals surface area contributed by atoms with Crippen LogP contribution in [0.3, 0.4) is 0 Å². The molecule has 106 valence electrons. The number of imidazole rings is 1. The lowest BCUT2D eigenvalue weighted by Crippen LogP contribution is -2.05. The van der Waals surface area contributed by atoms with Crippen LogP contribution < -0.4 is 0 Å². The summed E-state index contributed by atoms with van der Waals surface area (Å²) in [6.07, 6.45) is 2.70. The van der Waals surface area contributed by atoms with Crippen molar-refractivity contribution in [3.63, 3.8) is 0 Å². The minimum absolute atomic E-state index is 0.122. The number of H-pyrrole nitrogens is 1. The predicted molar refractivity (Wildman–Crippen MR) is 86.8 cm³/mol. The van der Waals surface area contributed by atoms with Crippen molar-refractivity contribution in [2.45, 2.75) is 12.3 Å². The topological polar surface area (TPSA) is 28.7 Å². The molecule has 0 radical (unpaired) electrons. The molecule has 3 heteroatoms. The Morgan fingerprint density at radius 1 is 0.905 bits per heavy atom. The van der Waals surface area contributed by atoms with E-state index in [1.54, 1.807) is 0 Å². The molecule has 0 aliphatic carbocycles. The summed E-state index contributed by atoms with van der Waals surface area (Å²) in [5.74, 6) is 1.69. The zero-order valence-electron chi connectivity index (χ0n) is 11.7. The van der Waals surface area contributed by atoms with Gasteiger partial charge in [0.15, 0.2) is 0 Å². The molecule has 21 heavy (non-hydrogen) atoms. The van der Waals surface area contributed by atoms with Crippen LogP contribution in [0, 0.1) is 0 Å². The number of rotatable bonds is 5. The summed E-state index contributed by atoms with van der Waals surface area (Å²) in [4.78, 5) is 7.99. The van der Waals surface area contributed by atoms with E-state index in [9.17, 15) is 0 Å². The van der Waals surface area contributed by atoms with Crippen LogP contribution in [0.15, 0.2) is 66.9 Å². The van der Waals surface area contributed by atoms with E-state index in [4.69, 9.17) is 11.6 Å². The number of nitrogens with zero attached hydrogens (tertiary/aromatic N) is 1. The second-order valence-electron chi connectivity index (χ2n) is 4.99. The third-order valence-corrected chi connectivity index (χ3v) is 3.74. The number of aromatic nitrogens is 2. The molecule has 2 nitrogen and oxygen atoms in total. The van der Waals surface area contributed by atoms with Crippen molar-refractivity contribution >= 4 is 11.6 Å². The lowest BCUT2D eigenvalue weighted by Gasteiger charge is -2.15. The van der Waals surface area contributed by atoms with Gasteiger partial charge in [0.1, 0.15) is 5.82 Å². The smallest absolute Gasteiger partial charge is 0.118 e. The Balaban J connectivity index is 2.03. The van der Waals surface area contributed by atoms with Gasteiger partial charge in [0.25, 0.3) is 0 Å². The van der Waals surface area contributed by atoms with Gasteiger partial charge >= 0.3 is 0 Å². The molecule has 3 rings (SSSR count). The molecule has 0 saturated heterocycles. The van der Waals surface area contributed by atoms with Crippen LogP contribution in [-0.2, 0) is 6.42 Å². The Labute approximate surface area is 129 Å². The van der Waals surface area contributed by atoms with Crippen molar-refractivity contribution in [3.05, 3.63) is 89.5 Å². The van der Waals surface area contributed by atoms with Crippen molar-refractivity contribution < 1.29 is 0 Å². The second-order valence-corrected chi connectivity index (χ2v) is 5.37. The molecule has 1 aromatic heterocycles. The number of nitrogens with one attached hydrogen (secondary N) is 1. The number of halogens is 1. The van der Waals surface area contributed by atoms with Crippen LogP contribution in [0.2, 0.25) is 0 Å². The molecule has 0 unspecified atom stereocenters. The minimum Gasteiger partial charge on any atom is -0.345 e. The van der Waals surface area contributed by atoms with Crippen LogP contribution >= 0.6 is 11.6 Å². The van der Waals surface area contributed by atoms with Gasteiger partial charge in [0, 0.05) is 24.2 Å². The molecule has 1 N–H and O–H groups in total. The highest BCUT2D eigenvalue weighted by molar-refractivity contribution is 6.17. The van der Waals surface area contributed by atoms with E-state index in [-0.39, 0.29) is 5.92 Å². The molecule has 0 bridgehead atoms. The molecule has 0 aliphatic rings. The van der Waals surface area contributed by atoms with Crippen molar-refractivity contribution in [1.82, 2.24) is 9.97 Å². The van der Waals surface area contributed by atoms with E-state index in [0.29, 0.717) is 5.88 Å². The van der Waals surface area contributed by atoms with Gasteiger partial charge in [0.05, 0.1) is 5.92 Å². The molecule has 3 aromatic rings. The van der Waals surface area contributed by atoms with Gasteiger partial charge in [-0.25, -0.2) is 4.98 Å². The fraction of sp³-hybridized carbons (Fsp3) is 0.167. The van der Waals surface area contributed by atoms with E-state index < -0.39 is 0 Å². The van der Waals surface area contributed by atoms with Crippen molar-refractivity contribution in [3.8, 4) is 0 Å². The Bertz CT molecular complexity index is 637. The normalized spacial score (nSPS) is 11.0. The van der Waals surface area contributed by atoms with E-state index in [1.165, 1.54) is 11.1 Å². The molecule has 0 aliphatic heterocycles. The maximum Gasteiger partial charge on any atom is 0.118 e. The molecule has 0 spiro atoms. The molecule has 0 amide bonds. The first-order valence-corrected chi connectivity index (χ1v) is 7.61. The summed E-state index contributed by atoms with van der Waals surface area (Å²) in [6.45, 7) is 0. The highest BCUT2D eigenvalue weighted by atomic mass is 35.5. The zero-order valence-corrected chi connectivity index (χ0v) is 12.4. The minimum atomic E-state index is 0.122. The summed E-state index contributed by atoms with van der Waals surface area (Å²) < 4.78 is 0. The van der Waals surface area contributed by atoms with Crippen LogP contribution in [0.5, 0.6) is 0 Å². The van der Waals surface area contributed by atoms with Gasteiger partial charge in [-0.15, -0.1) is 11.6 Å². The molecule has 0 atom stereocenters. The first-order chi connectivity index (χ1) is 10.4. The van der Waals surface area contributed by atoms with Gasteiger partial charge < -0.3 is 4.98 Å². The number of benzene rings is 2. The van der Waals surface area contributed by atoms with Gasteiger partial charge in [-0.3, -0.25) is 0 Å². The average molecular weight is 297 g/mol. The number of hydrogen-bond acceptors (Lipinski definition) is 1. The van der Waals surface area contributed by atoms with Crippen LogP contribution in [0.4, 0.5) is 0 Å². The van der Waals surface area contributed by atoms with Gasteiger partial charge in [-0.2, -0.15) is 0 Å². The largest absolute Gasteiger partial charge is 0.345 e. The molecular weight excluding hydrogens is 280 g/mol. The Morgan fingerprint density at radius 3 is 2.00 bits per heavy atom. The Kier molecular flexibility index (Phi) is 4.37. The molecule has 1 heterocycles. The quantitative estimate of drug-likeness (QED) is 0.696. The monoisotopic (exact) mass is 296 g/mol. The molecular formula is C18H17ClN2. The zero-order chi connectivity index (χ0) is 14.5. The molecule has 2 aromatic carbocycles. The highest BCUT2D eigenvalue weighted by Gasteiger charge is 2.19. The maximum absolute atomic E-state index is 5.81. The Morgan fingerprint density at radius 2 is 1.48 bits per heavy atom. The first kappa shape index (κ1) is 13.9. The lowest BCUT2D eigenvalue weighted by atomic mass is 9.91. The molecule has 0 saturated carbocycles. The van der Waals surface area contributed by atoms with Crippen molar-refractivity contribution in [1.29, 1.82) is 0 Å². The summed E-state index contributed by atoms with van der Waals surface area (Å²) in [5, 5.41) is 0. The third kappa shape index (κ3) is 3.17. The first-order valence-electron chi connectivity index (χ1n) is 7.08. The van der Waals surface area contributed by atoms with Gasteiger partial charge in [-0.1, -0.05) is 60.7 Å². The maximum atomic E-state index is 5.81. The fourth-order valence-corrected chi connectivity index (χ4v) is 2.75. The SMILES string of the molecule is ClCCc1cnc(C(c2ccccc2)c2ccccc2)[nH]1. The second kappa shape index (κ2) is 6.59. The lowest BCUT2D eigenvalue weighted by molar-refractivity contribution is 0.874. The van der Waals surface area contributed by atoms with E-state index in [0.717, 1.165) is 17.9 Å². The summed E-state index contributed by atoms with van der Waals surface area (Å²) in [6, 6.07) is 20.9. The number of alkyl halides is 1. The average Bonchev–Trinajstić information content (AvgIpc) is 2.98. The fourth-order valence-electron chi connectivity index (χ4n) is 2.55. The Hall–Kier alpha value is -2.06. The summed E-state index contributed by atoms with van der Waals surface area (Å²) >= 11 is 5.81. The van der Waals surface area contributed by atoms with E-state index in [2.05, 4.69) is 58.5 Å². The van der Waals surface area contributed by atoms with Crippen molar-refractivity contribution in [2.24, 2.45) is 0 Å².